The summed E-state index contributed by atoms with van der Waals surface area (Å²) in [5.41, 5.74) is 3.65. The van der Waals surface area contributed by atoms with Crippen LogP contribution >= 0.6 is 0 Å². The monoisotopic (exact) mass is 359 g/mol. The quantitative estimate of drug-likeness (QED) is 0.819. The Hall–Kier alpha value is -1.66. The molecule has 1 N–H and O–H groups in total. The standard InChI is InChI=1S/C20H33N5O/c1-16(2)5-10-23-11-6-18(7-12-23)21-14-19-13-20-15-24(17(3)26)8-4-9-25(20)22-19/h5,13,18,21H,4,6-12,14-15H2,1-3H3. The molecule has 0 radical (unpaired) electrons. The summed E-state index contributed by atoms with van der Waals surface area (Å²) in [7, 11) is 0. The largest absolute Gasteiger partial charge is 0.337 e. The first-order chi connectivity index (χ1) is 12.5. The maximum Gasteiger partial charge on any atom is 0.219 e. The Morgan fingerprint density at radius 3 is 2.69 bits per heavy atom. The molecule has 6 nitrogen and oxygen atoms in total. The van der Waals surface area contributed by atoms with E-state index in [1.807, 2.05) is 4.90 Å². The minimum atomic E-state index is 0.152. The molecule has 0 unspecified atom stereocenters. The summed E-state index contributed by atoms with van der Waals surface area (Å²) in [6.07, 6.45) is 5.69. The summed E-state index contributed by atoms with van der Waals surface area (Å²) < 4.78 is 2.09. The molecule has 144 valence electrons. The van der Waals surface area contributed by atoms with Gasteiger partial charge in [0.15, 0.2) is 0 Å². The topological polar surface area (TPSA) is 53.4 Å². The van der Waals surface area contributed by atoms with Crippen molar-refractivity contribution in [3.63, 3.8) is 0 Å². The lowest BCUT2D eigenvalue weighted by molar-refractivity contribution is -0.129. The van der Waals surface area contributed by atoms with Gasteiger partial charge in [0.1, 0.15) is 0 Å². The van der Waals surface area contributed by atoms with Crippen LogP contribution in [0.4, 0.5) is 0 Å². The molecule has 3 rings (SSSR count). The lowest BCUT2D eigenvalue weighted by Crippen LogP contribution is -2.42. The second-order valence-corrected chi connectivity index (χ2v) is 7.88. The Labute approximate surface area is 157 Å². The van der Waals surface area contributed by atoms with Crippen molar-refractivity contribution in [2.24, 2.45) is 0 Å². The molecule has 0 atom stereocenters. The SMILES string of the molecule is CC(=O)N1CCCn2nc(CNC3CCN(CC=C(C)C)CC3)cc2C1. The van der Waals surface area contributed by atoms with Gasteiger partial charge in [-0.05, 0) is 52.3 Å². The Morgan fingerprint density at radius 2 is 2.00 bits per heavy atom. The second-order valence-electron chi connectivity index (χ2n) is 7.88. The molecular weight excluding hydrogens is 326 g/mol. The zero-order valence-corrected chi connectivity index (χ0v) is 16.5. The van der Waals surface area contributed by atoms with Gasteiger partial charge >= 0.3 is 0 Å². The van der Waals surface area contributed by atoms with Crippen molar-refractivity contribution in [1.29, 1.82) is 0 Å². The maximum atomic E-state index is 11.7. The molecule has 0 spiro atoms. The van der Waals surface area contributed by atoms with Gasteiger partial charge in [-0.1, -0.05) is 11.6 Å². The fourth-order valence-electron chi connectivity index (χ4n) is 3.76. The Kier molecular flexibility index (Phi) is 6.48. The normalized spacial score (nSPS) is 19.1. The van der Waals surface area contributed by atoms with Gasteiger partial charge in [0.2, 0.25) is 5.91 Å². The van der Waals surface area contributed by atoms with Crippen LogP contribution < -0.4 is 5.32 Å². The Bertz CT molecular complexity index is 639. The molecule has 3 heterocycles. The summed E-state index contributed by atoms with van der Waals surface area (Å²) in [6.45, 7) is 12.6. The molecule has 26 heavy (non-hydrogen) atoms. The van der Waals surface area contributed by atoms with E-state index in [-0.39, 0.29) is 5.91 Å². The van der Waals surface area contributed by atoms with E-state index in [0.29, 0.717) is 12.6 Å². The first kappa shape index (κ1) is 19.1. The molecule has 0 aliphatic carbocycles. The Morgan fingerprint density at radius 1 is 1.23 bits per heavy atom. The van der Waals surface area contributed by atoms with Gasteiger partial charge in [0.25, 0.3) is 0 Å². The summed E-state index contributed by atoms with van der Waals surface area (Å²) in [6, 6.07) is 2.74. The van der Waals surface area contributed by atoms with Gasteiger partial charge in [-0.2, -0.15) is 5.10 Å². The number of likely N-dealkylation sites (tertiary alicyclic amines) is 1. The average Bonchev–Trinajstić information content (AvgIpc) is 2.89. The molecule has 1 saturated heterocycles. The zero-order chi connectivity index (χ0) is 18.5. The van der Waals surface area contributed by atoms with Crippen LogP contribution in [0.5, 0.6) is 0 Å². The first-order valence-electron chi connectivity index (χ1n) is 9.91. The minimum absolute atomic E-state index is 0.152. The van der Waals surface area contributed by atoms with Gasteiger partial charge in [0.05, 0.1) is 17.9 Å². The lowest BCUT2D eigenvalue weighted by atomic mass is 10.0. The molecule has 2 aliphatic heterocycles. The van der Waals surface area contributed by atoms with E-state index >= 15 is 0 Å². The third-order valence-electron chi connectivity index (χ3n) is 5.43. The van der Waals surface area contributed by atoms with Crippen molar-refractivity contribution in [2.45, 2.75) is 65.7 Å². The smallest absolute Gasteiger partial charge is 0.219 e. The van der Waals surface area contributed by atoms with E-state index in [1.165, 1.54) is 18.4 Å². The molecule has 1 amide bonds. The van der Waals surface area contributed by atoms with Crippen LogP contribution in [0.1, 0.15) is 51.4 Å². The van der Waals surface area contributed by atoms with Gasteiger partial charge in [0, 0.05) is 39.1 Å². The van der Waals surface area contributed by atoms with Gasteiger partial charge in [-0.3, -0.25) is 14.4 Å². The molecule has 1 fully saturated rings. The number of piperidine rings is 1. The lowest BCUT2D eigenvalue weighted by Gasteiger charge is -2.31. The van der Waals surface area contributed by atoms with E-state index in [2.05, 4.69) is 40.9 Å². The van der Waals surface area contributed by atoms with E-state index in [4.69, 9.17) is 5.10 Å². The number of amides is 1. The highest BCUT2D eigenvalue weighted by Gasteiger charge is 2.20. The number of fused-ring (bicyclic) bond motifs is 1. The molecule has 1 aromatic rings. The number of nitrogens with one attached hydrogen (secondary N) is 1. The van der Waals surface area contributed by atoms with Crippen molar-refractivity contribution in [3.8, 4) is 0 Å². The van der Waals surface area contributed by atoms with E-state index in [0.717, 1.165) is 57.1 Å². The summed E-state index contributed by atoms with van der Waals surface area (Å²) in [5, 5.41) is 8.43. The van der Waals surface area contributed by atoms with Crippen LogP contribution in [0.25, 0.3) is 0 Å². The van der Waals surface area contributed by atoms with Crippen LogP contribution in [-0.2, 0) is 24.4 Å². The first-order valence-corrected chi connectivity index (χ1v) is 9.91. The highest BCUT2D eigenvalue weighted by atomic mass is 16.2. The summed E-state index contributed by atoms with van der Waals surface area (Å²) in [4.78, 5) is 16.1. The number of aryl methyl sites for hydroxylation is 1. The van der Waals surface area contributed by atoms with Crippen LogP contribution in [-0.4, -0.2) is 57.7 Å². The number of rotatable bonds is 5. The number of hydrogen-bond acceptors (Lipinski definition) is 4. The van der Waals surface area contributed by atoms with Crippen LogP contribution in [0.3, 0.4) is 0 Å². The highest BCUT2D eigenvalue weighted by molar-refractivity contribution is 5.73. The number of carbonyl (C=O) groups is 1. The van der Waals surface area contributed by atoms with Crippen LogP contribution in [0, 0.1) is 0 Å². The van der Waals surface area contributed by atoms with Crippen molar-refractivity contribution >= 4 is 5.91 Å². The third kappa shape index (κ3) is 5.17. The molecule has 6 heteroatoms. The minimum Gasteiger partial charge on any atom is -0.337 e. The molecule has 0 bridgehead atoms. The van der Waals surface area contributed by atoms with Crippen molar-refractivity contribution in [3.05, 3.63) is 29.1 Å². The number of carbonyl (C=O) groups excluding carboxylic acids is 1. The Balaban J connectivity index is 1.47. The van der Waals surface area contributed by atoms with E-state index in [1.54, 1.807) is 6.92 Å². The molecular formula is C20H33N5O. The highest BCUT2D eigenvalue weighted by Crippen LogP contribution is 2.15. The number of allylic oxidation sites excluding steroid dienone is 1. The van der Waals surface area contributed by atoms with Gasteiger partial charge in [-0.25, -0.2) is 0 Å². The van der Waals surface area contributed by atoms with Crippen LogP contribution in [0.15, 0.2) is 17.7 Å². The molecule has 0 saturated carbocycles. The second kappa shape index (κ2) is 8.82. The van der Waals surface area contributed by atoms with E-state index < -0.39 is 0 Å². The maximum absolute atomic E-state index is 11.7. The molecule has 2 aliphatic rings. The third-order valence-corrected chi connectivity index (χ3v) is 5.43. The average molecular weight is 360 g/mol. The van der Waals surface area contributed by atoms with Crippen molar-refractivity contribution in [1.82, 2.24) is 24.9 Å². The van der Waals surface area contributed by atoms with E-state index in [9.17, 15) is 4.79 Å². The number of aromatic nitrogens is 2. The fraction of sp³-hybridized carbons (Fsp3) is 0.700. The number of hydrogen-bond donors (Lipinski definition) is 1. The molecule has 1 aromatic heterocycles. The number of nitrogens with zero attached hydrogens (tertiary/aromatic N) is 4. The summed E-state index contributed by atoms with van der Waals surface area (Å²) in [5.74, 6) is 0.152. The predicted octanol–water partition coefficient (Wildman–Crippen LogP) is 2.16. The van der Waals surface area contributed by atoms with Gasteiger partial charge in [-0.15, -0.1) is 0 Å². The molecule has 0 aromatic carbocycles. The summed E-state index contributed by atoms with van der Waals surface area (Å²) >= 11 is 0. The predicted molar refractivity (Wildman–Crippen MR) is 104 cm³/mol. The van der Waals surface area contributed by atoms with Crippen molar-refractivity contribution < 1.29 is 4.79 Å². The van der Waals surface area contributed by atoms with Crippen LogP contribution in [0.2, 0.25) is 0 Å². The zero-order valence-electron chi connectivity index (χ0n) is 16.5. The van der Waals surface area contributed by atoms with Gasteiger partial charge < -0.3 is 10.2 Å². The van der Waals surface area contributed by atoms with Crippen molar-refractivity contribution in [2.75, 3.05) is 26.2 Å². The fourth-order valence-corrected chi connectivity index (χ4v) is 3.76.